The van der Waals surface area contributed by atoms with Crippen molar-refractivity contribution in [3.05, 3.63) is 271 Å². The second-order valence-corrected chi connectivity index (χ2v) is 17.4. The third kappa shape index (κ3) is 6.06. The molecule has 2 heteroatoms. The van der Waals surface area contributed by atoms with Crippen LogP contribution in [0.1, 0.15) is 22.3 Å². The van der Waals surface area contributed by atoms with E-state index in [2.05, 4.69) is 254 Å². The van der Waals surface area contributed by atoms with Crippen LogP contribution in [0.15, 0.2) is 249 Å². The molecule has 0 N–H and O–H groups in total. The van der Waals surface area contributed by atoms with Crippen molar-refractivity contribution in [1.82, 2.24) is 0 Å². The minimum absolute atomic E-state index is 0.498. The van der Waals surface area contributed by atoms with Gasteiger partial charge in [-0.2, -0.15) is 0 Å². The molecule has 12 rings (SSSR count). The van der Waals surface area contributed by atoms with E-state index in [0.29, 0.717) is 0 Å². The Morgan fingerprint density at radius 2 is 0.857 bits per heavy atom. The van der Waals surface area contributed by atoms with Crippen LogP contribution < -0.4 is 4.90 Å². The van der Waals surface area contributed by atoms with Crippen LogP contribution in [0.5, 0.6) is 0 Å². The summed E-state index contributed by atoms with van der Waals surface area (Å²) in [4.78, 5) is 2.47. The van der Waals surface area contributed by atoms with Crippen LogP contribution in [0.4, 0.5) is 17.1 Å². The molecule has 0 saturated carbocycles. The van der Waals surface area contributed by atoms with Gasteiger partial charge >= 0.3 is 0 Å². The van der Waals surface area contributed by atoms with Crippen molar-refractivity contribution >= 4 is 48.6 Å². The number of fused-ring (bicyclic) bond motifs is 6. The number of nitrogens with zero attached hydrogens (tertiary/aromatic N) is 1. The normalized spacial score (nSPS) is 12.6. The Balaban J connectivity index is 1.13. The SMILES string of the molecule is c1ccc(-c2ccc(N(c3cc(-c4ccc5c(c4)C(c4ccccc4)(c4ccccc4)c4ccccc4-5)c4sc5ccccc5c4c3)c3ccccc3-c3ccccc3)cc2)cc1. The van der Waals surface area contributed by atoms with Crippen molar-refractivity contribution in [2.75, 3.05) is 4.90 Å². The fourth-order valence-corrected chi connectivity index (χ4v) is 11.4. The van der Waals surface area contributed by atoms with Gasteiger partial charge in [-0.15, -0.1) is 11.3 Å². The molecule has 1 nitrogen and oxygen atoms in total. The summed E-state index contributed by atoms with van der Waals surface area (Å²) in [5, 5.41) is 2.53. The number of para-hydroxylation sites is 1. The van der Waals surface area contributed by atoms with Gasteiger partial charge in [-0.3, -0.25) is 0 Å². The lowest BCUT2D eigenvalue weighted by Crippen LogP contribution is -2.28. The highest BCUT2D eigenvalue weighted by Gasteiger charge is 2.46. The van der Waals surface area contributed by atoms with Crippen molar-refractivity contribution < 1.29 is 0 Å². The van der Waals surface area contributed by atoms with Gasteiger partial charge in [-0.05, 0) is 98.1 Å². The van der Waals surface area contributed by atoms with Gasteiger partial charge in [0.25, 0.3) is 0 Å². The molecule has 1 aliphatic rings. The van der Waals surface area contributed by atoms with E-state index in [1.807, 2.05) is 11.3 Å². The van der Waals surface area contributed by atoms with Gasteiger partial charge in [0.15, 0.2) is 0 Å². The number of anilines is 3. The van der Waals surface area contributed by atoms with E-state index in [9.17, 15) is 0 Å². The van der Waals surface area contributed by atoms with Crippen molar-refractivity contribution in [2.45, 2.75) is 5.41 Å². The summed E-state index contributed by atoms with van der Waals surface area (Å²) < 4.78 is 2.57. The summed E-state index contributed by atoms with van der Waals surface area (Å²) in [5.74, 6) is 0. The Morgan fingerprint density at radius 1 is 0.317 bits per heavy atom. The number of hydrogen-bond donors (Lipinski definition) is 0. The Labute approximate surface area is 372 Å². The van der Waals surface area contributed by atoms with Gasteiger partial charge in [-0.1, -0.05) is 206 Å². The lowest BCUT2D eigenvalue weighted by Gasteiger charge is -2.34. The number of benzene rings is 10. The summed E-state index contributed by atoms with van der Waals surface area (Å²) in [5.41, 5.74) is 17.7. The standard InChI is InChI=1S/C61H41NS/c1-5-19-42(20-6-1)43-33-36-48(37-34-43)62(58-31-17-14-27-50(58)44-21-7-2-8-22-44)49-40-54(60-55(41-49)53-29-15-18-32-59(53)63-60)45-35-38-52-51-28-13-16-30-56(51)61(57(52)39-45,46-23-9-3-10-24-46)47-25-11-4-12-26-47/h1-41H. The second kappa shape index (κ2) is 15.3. The molecule has 1 heterocycles. The highest BCUT2D eigenvalue weighted by atomic mass is 32.1. The first kappa shape index (κ1) is 37.0. The molecule has 0 spiro atoms. The first-order valence-corrected chi connectivity index (χ1v) is 22.5. The van der Waals surface area contributed by atoms with E-state index < -0.39 is 5.41 Å². The topological polar surface area (TPSA) is 3.24 Å². The van der Waals surface area contributed by atoms with E-state index in [1.54, 1.807) is 0 Å². The summed E-state index contributed by atoms with van der Waals surface area (Å²) in [7, 11) is 0. The van der Waals surface area contributed by atoms with E-state index in [0.717, 1.165) is 17.1 Å². The minimum Gasteiger partial charge on any atom is -0.310 e. The van der Waals surface area contributed by atoms with Gasteiger partial charge in [0.1, 0.15) is 0 Å². The smallest absolute Gasteiger partial charge is 0.0713 e. The lowest BCUT2D eigenvalue weighted by molar-refractivity contribution is 0.769. The zero-order valence-electron chi connectivity index (χ0n) is 34.5. The summed E-state index contributed by atoms with van der Waals surface area (Å²) in [6.45, 7) is 0. The molecule has 0 bridgehead atoms. The van der Waals surface area contributed by atoms with Crippen molar-refractivity contribution in [3.8, 4) is 44.5 Å². The molecule has 0 radical (unpaired) electrons. The van der Waals surface area contributed by atoms with Crippen molar-refractivity contribution in [1.29, 1.82) is 0 Å². The Hall–Kier alpha value is -7.78. The van der Waals surface area contributed by atoms with Crippen LogP contribution in [-0.2, 0) is 5.41 Å². The average molecular weight is 820 g/mol. The Kier molecular flexibility index (Phi) is 8.98. The molecule has 0 fully saturated rings. The highest BCUT2D eigenvalue weighted by molar-refractivity contribution is 7.26. The lowest BCUT2D eigenvalue weighted by atomic mass is 9.67. The van der Waals surface area contributed by atoms with Gasteiger partial charge in [-0.25, -0.2) is 0 Å². The molecule has 0 saturated heterocycles. The molecule has 10 aromatic carbocycles. The molecule has 0 amide bonds. The third-order valence-corrected chi connectivity index (χ3v) is 14.2. The van der Waals surface area contributed by atoms with E-state index >= 15 is 0 Å². The molecule has 0 atom stereocenters. The highest BCUT2D eigenvalue weighted by Crippen LogP contribution is 2.57. The molecule has 63 heavy (non-hydrogen) atoms. The maximum atomic E-state index is 2.51. The average Bonchev–Trinajstić information content (AvgIpc) is 3.89. The molecule has 1 aromatic heterocycles. The number of rotatable bonds is 8. The van der Waals surface area contributed by atoms with Crippen LogP contribution >= 0.6 is 11.3 Å². The summed E-state index contributed by atoms with van der Waals surface area (Å²) in [6.07, 6.45) is 0. The molecule has 296 valence electrons. The maximum Gasteiger partial charge on any atom is 0.0713 e. The van der Waals surface area contributed by atoms with Gasteiger partial charge < -0.3 is 4.90 Å². The summed E-state index contributed by atoms with van der Waals surface area (Å²) >= 11 is 1.89. The molecule has 0 aliphatic heterocycles. The van der Waals surface area contributed by atoms with Crippen LogP contribution in [0.3, 0.4) is 0 Å². The van der Waals surface area contributed by atoms with Gasteiger partial charge in [0.2, 0.25) is 0 Å². The fraction of sp³-hybridized carbons (Fsp3) is 0.0164. The molecular formula is C61H41NS. The predicted molar refractivity (Wildman–Crippen MR) is 268 cm³/mol. The molecule has 1 aliphatic carbocycles. The first-order chi connectivity index (χ1) is 31.3. The quantitative estimate of drug-likeness (QED) is 0.148. The molecule has 11 aromatic rings. The number of hydrogen-bond acceptors (Lipinski definition) is 2. The fourth-order valence-electron chi connectivity index (χ4n) is 10.2. The monoisotopic (exact) mass is 819 g/mol. The van der Waals surface area contributed by atoms with Crippen LogP contribution in [0.2, 0.25) is 0 Å². The molecule has 0 unspecified atom stereocenters. The van der Waals surface area contributed by atoms with E-state index in [4.69, 9.17) is 0 Å². The zero-order chi connectivity index (χ0) is 41.7. The largest absolute Gasteiger partial charge is 0.310 e. The third-order valence-electron chi connectivity index (χ3n) is 13.0. The molecular weight excluding hydrogens is 779 g/mol. The van der Waals surface area contributed by atoms with Crippen LogP contribution in [-0.4, -0.2) is 0 Å². The predicted octanol–water partition coefficient (Wildman–Crippen LogP) is 16.9. The first-order valence-electron chi connectivity index (χ1n) is 21.7. The van der Waals surface area contributed by atoms with Crippen molar-refractivity contribution in [3.63, 3.8) is 0 Å². The maximum absolute atomic E-state index is 2.51. The van der Waals surface area contributed by atoms with Crippen LogP contribution in [0, 0.1) is 0 Å². The number of thiophene rings is 1. The van der Waals surface area contributed by atoms with E-state index in [1.165, 1.54) is 86.9 Å². The van der Waals surface area contributed by atoms with Gasteiger partial charge in [0, 0.05) is 42.7 Å². The Bertz CT molecular complexity index is 3390. The summed E-state index contributed by atoms with van der Waals surface area (Å²) in [6, 6.07) is 91.6. The minimum atomic E-state index is -0.498. The second-order valence-electron chi connectivity index (χ2n) is 16.4. The Morgan fingerprint density at radius 3 is 1.57 bits per heavy atom. The van der Waals surface area contributed by atoms with Crippen molar-refractivity contribution in [2.24, 2.45) is 0 Å². The zero-order valence-corrected chi connectivity index (χ0v) is 35.3. The van der Waals surface area contributed by atoms with E-state index in [-0.39, 0.29) is 0 Å². The van der Waals surface area contributed by atoms with Crippen LogP contribution in [0.25, 0.3) is 64.7 Å². The van der Waals surface area contributed by atoms with Gasteiger partial charge in [0.05, 0.1) is 11.1 Å².